The molecule has 0 aromatic heterocycles. The van der Waals surface area contributed by atoms with Crippen LogP contribution in [0.4, 0.5) is 5.69 Å². The summed E-state index contributed by atoms with van der Waals surface area (Å²) in [5, 5.41) is 3.46. The van der Waals surface area contributed by atoms with E-state index >= 15 is 0 Å². The summed E-state index contributed by atoms with van der Waals surface area (Å²) >= 11 is 0. The van der Waals surface area contributed by atoms with Gasteiger partial charge in [-0.25, -0.2) is 0 Å². The number of anilines is 1. The van der Waals surface area contributed by atoms with Gasteiger partial charge in [-0.2, -0.15) is 0 Å². The van der Waals surface area contributed by atoms with Crippen molar-refractivity contribution in [3.8, 4) is 0 Å². The van der Waals surface area contributed by atoms with E-state index in [9.17, 15) is 4.79 Å². The molecule has 0 aliphatic carbocycles. The second kappa shape index (κ2) is 6.00. The number of amides is 1. The Morgan fingerprint density at radius 2 is 1.57 bits per heavy atom. The van der Waals surface area contributed by atoms with Crippen LogP contribution in [0.15, 0.2) is 36.4 Å². The Hall–Kier alpha value is -2.29. The van der Waals surface area contributed by atoms with Crippen LogP contribution in [0.25, 0.3) is 0 Å². The molecule has 0 fully saturated rings. The number of aryl methyl sites for hydroxylation is 3. The van der Waals surface area contributed by atoms with Gasteiger partial charge < -0.3 is 11.1 Å². The second-order valence-corrected chi connectivity index (χ2v) is 5.60. The minimum Gasteiger partial charge on any atom is -0.379 e. The summed E-state index contributed by atoms with van der Waals surface area (Å²) in [5.74, 6) is -0.403. The average molecular weight is 282 g/mol. The van der Waals surface area contributed by atoms with Gasteiger partial charge in [0.25, 0.3) is 0 Å². The Balaban J connectivity index is 2.19. The zero-order valence-electron chi connectivity index (χ0n) is 13.0. The van der Waals surface area contributed by atoms with Crippen molar-refractivity contribution in [1.29, 1.82) is 0 Å². The fourth-order valence-corrected chi connectivity index (χ4v) is 2.51. The van der Waals surface area contributed by atoms with Gasteiger partial charge in [0.05, 0.1) is 0 Å². The van der Waals surface area contributed by atoms with Crippen molar-refractivity contribution >= 4 is 11.6 Å². The van der Waals surface area contributed by atoms with Crippen molar-refractivity contribution in [1.82, 2.24) is 0 Å². The minimum atomic E-state index is -0.403. The molecule has 0 aliphatic rings. The Kier molecular flexibility index (Phi) is 4.32. The maximum Gasteiger partial charge on any atom is 0.248 e. The molecule has 2 rings (SSSR count). The molecule has 1 amide bonds. The number of benzene rings is 2. The van der Waals surface area contributed by atoms with Crippen molar-refractivity contribution in [3.63, 3.8) is 0 Å². The summed E-state index contributed by atoms with van der Waals surface area (Å²) in [7, 11) is 0. The topological polar surface area (TPSA) is 55.1 Å². The van der Waals surface area contributed by atoms with E-state index in [-0.39, 0.29) is 6.04 Å². The van der Waals surface area contributed by atoms with E-state index in [2.05, 4.69) is 45.1 Å². The number of rotatable bonds is 4. The number of carbonyl (C=O) groups is 1. The number of hydrogen-bond donors (Lipinski definition) is 2. The molecular weight excluding hydrogens is 260 g/mol. The number of hydrogen-bond acceptors (Lipinski definition) is 2. The fraction of sp³-hybridized carbons (Fsp3) is 0.278. The first kappa shape index (κ1) is 15.1. The summed E-state index contributed by atoms with van der Waals surface area (Å²) in [5.41, 5.74) is 11.9. The smallest absolute Gasteiger partial charge is 0.248 e. The molecule has 0 aliphatic heterocycles. The van der Waals surface area contributed by atoms with E-state index in [1.54, 1.807) is 12.1 Å². The lowest BCUT2D eigenvalue weighted by Gasteiger charge is -2.19. The lowest BCUT2D eigenvalue weighted by atomic mass is 9.96. The summed E-state index contributed by atoms with van der Waals surface area (Å²) in [4.78, 5) is 11.1. The zero-order chi connectivity index (χ0) is 15.6. The molecule has 0 radical (unpaired) electrons. The van der Waals surface area contributed by atoms with Crippen molar-refractivity contribution in [2.24, 2.45) is 5.73 Å². The Morgan fingerprint density at radius 1 is 1.00 bits per heavy atom. The SMILES string of the molecule is Cc1cc(C)c(C(C)Nc2ccc(C(N)=O)cc2)cc1C. The van der Waals surface area contributed by atoms with E-state index in [0.717, 1.165) is 5.69 Å². The van der Waals surface area contributed by atoms with Gasteiger partial charge in [-0.15, -0.1) is 0 Å². The highest BCUT2D eigenvalue weighted by Crippen LogP contribution is 2.25. The van der Waals surface area contributed by atoms with Gasteiger partial charge in [-0.05, 0) is 74.2 Å². The third-order valence-corrected chi connectivity index (χ3v) is 3.90. The quantitative estimate of drug-likeness (QED) is 0.894. The van der Waals surface area contributed by atoms with Crippen LogP contribution in [0, 0.1) is 20.8 Å². The Labute approximate surface area is 126 Å². The molecule has 3 nitrogen and oxygen atoms in total. The van der Waals surface area contributed by atoms with E-state index in [4.69, 9.17) is 5.73 Å². The third kappa shape index (κ3) is 3.43. The van der Waals surface area contributed by atoms with Crippen LogP contribution < -0.4 is 11.1 Å². The molecule has 21 heavy (non-hydrogen) atoms. The molecule has 0 bridgehead atoms. The molecule has 0 spiro atoms. The van der Waals surface area contributed by atoms with Gasteiger partial charge in [0.2, 0.25) is 5.91 Å². The number of nitrogens with one attached hydrogen (secondary N) is 1. The summed E-state index contributed by atoms with van der Waals surface area (Å²) in [6.07, 6.45) is 0. The summed E-state index contributed by atoms with van der Waals surface area (Å²) < 4.78 is 0. The van der Waals surface area contributed by atoms with E-state index in [1.165, 1.54) is 22.3 Å². The first-order chi connectivity index (χ1) is 9.88. The number of carbonyl (C=O) groups excluding carboxylic acids is 1. The van der Waals surface area contributed by atoms with Gasteiger partial charge in [-0.3, -0.25) is 4.79 Å². The van der Waals surface area contributed by atoms with Gasteiger partial charge in [-0.1, -0.05) is 12.1 Å². The highest BCUT2D eigenvalue weighted by Gasteiger charge is 2.10. The van der Waals surface area contributed by atoms with Crippen LogP contribution in [0.1, 0.15) is 45.6 Å². The van der Waals surface area contributed by atoms with Crippen LogP contribution in [0.5, 0.6) is 0 Å². The standard InChI is InChI=1S/C18H22N2O/c1-11-9-13(3)17(10-12(11)2)14(4)20-16-7-5-15(6-8-16)18(19)21/h5-10,14,20H,1-4H3,(H2,19,21). The predicted molar refractivity (Wildman–Crippen MR) is 87.7 cm³/mol. The molecule has 2 aromatic rings. The molecular formula is C18H22N2O. The van der Waals surface area contributed by atoms with E-state index in [0.29, 0.717) is 5.56 Å². The highest BCUT2D eigenvalue weighted by molar-refractivity contribution is 5.93. The number of nitrogens with two attached hydrogens (primary N) is 1. The van der Waals surface area contributed by atoms with Gasteiger partial charge in [0.1, 0.15) is 0 Å². The molecule has 0 saturated heterocycles. The molecule has 3 heteroatoms. The fourth-order valence-electron chi connectivity index (χ4n) is 2.51. The molecule has 1 atom stereocenters. The second-order valence-electron chi connectivity index (χ2n) is 5.60. The molecule has 0 saturated carbocycles. The van der Waals surface area contributed by atoms with Gasteiger partial charge in [0, 0.05) is 17.3 Å². The van der Waals surface area contributed by atoms with Crippen molar-refractivity contribution in [2.45, 2.75) is 33.7 Å². The van der Waals surface area contributed by atoms with Crippen LogP contribution in [0.3, 0.4) is 0 Å². The van der Waals surface area contributed by atoms with E-state index in [1.807, 2.05) is 12.1 Å². The Bertz CT molecular complexity index is 660. The van der Waals surface area contributed by atoms with Gasteiger partial charge in [0.15, 0.2) is 0 Å². The van der Waals surface area contributed by atoms with Crippen molar-refractivity contribution in [2.75, 3.05) is 5.32 Å². The normalized spacial score (nSPS) is 12.0. The summed E-state index contributed by atoms with van der Waals surface area (Å²) in [6, 6.07) is 11.9. The summed E-state index contributed by atoms with van der Waals surface area (Å²) in [6.45, 7) is 8.54. The Morgan fingerprint density at radius 3 is 2.14 bits per heavy atom. The molecule has 3 N–H and O–H groups in total. The van der Waals surface area contributed by atoms with Crippen LogP contribution in [-0.2, 0) is 0 Å². The van der Waals surface area contributed by atoms with Crippen molar-refractivity contribution in [3.05, 3.63) is 64.2 Å². The lowest BCUT2D eigenvalue weighted by molar-refractivity contribution is 0.100. The monoisotopic (exact) mass is 282 g/mol. The first-order valence-electron chi connectivity index (χ1n) is 7.12. The first-order valence-corrected chi connectivity index (χ1v) is 7.12. The minimum absolute atomic E-state index is 0.198. The van der Waals surface area contributed by atoms with Crippen LogP contribution in [-0.4, -0.2) is 5.91 Å². The highest BCUT2D eigenvalue weighted by atomic mass is 16.1. The van der Waals surface area contributed by atoms with Crippen LogP contribution in [0.2, 0.25) is 0 Å². The predicted octanol–water partition coefficient (Wildman–Crippen LogP) is 3.88. The maximum atomic E-state index is 11.1. The van der Waals surface area contributed by atoms with E-state index < -0.39 is 5.91 Å². The average Bonchev–Trinajstić information content (AvgIpc) is 2.43. The maximum absolute atomic E-state index is 11.1. The number of primary amides is 1. The van der Waals surface area contributed by atoms with Crippen molar-refractivity contribution < 1.29 is 4.79 Å². The van der Waals surface area contributed by atoms with Crippen LogP contribution >= 0.6 is 0 Å². The lowest BCUT2D eigenvalue weighted by Crippen LogP contribution is -2.12. The van der Waals surface area contributed by atoms with Gasteiger partial charge >= 0.3 is 0 Å². The largest absolute Gasteiger partial charge is 0.379 e. The zero-order valence-corrected chi connectivity index (χ0v) is 13.0. The third-order valence-electron chi connectivity index (χ3n) is 3.90. The molecule has 0 heterocycles. The molecule has 1 unspecified atom stereocenters. The molecule has 2 aromatic carbocycles. The molecule has 110 valence electrons.